The van der Waals surface area contributed by atoms with Crippen LogP contribution in [-0.2, 0) is 4.79 Å². The second-order valence-electron chi connectivity index (χ2n) is 3.83. The van der Waals surface area contributed by atoms with Crippen molar-refractivity contribution in [1.82, 2.24) is 15.1 Å². The zero-order valence-corrected chi connectivity index (χ0v) is 10.5. The molecule has 0 aliphatic carbocycles. The summed E-state index contributed by atoms with van der Waals surface area (Å²) in [4.78, 5) is 15.6. The first-order valence-corrected chi connectivity index (χ1v) is 6.35. The number of aryl methyl sites for hydroxylation is 1. The van der Waals surface area contributed by atoms with Gasteiger partial charge in [0.1, 0.15) is 5.01 Å². The maximum atomic E-state index is 11.5. The highest BCUT2D eigenvalue weighted by Crippen LogP contribution is 2.20. The van der Waals surface area contributed by atoms with Gasteiger partial charge in [0.25, 0.3) is 0 Å². The molecule has 0 aromatic carbocycles. The smallest absolute Gasteiger partial charge is 0.222 e. The van der Waals surface area contributed by atoms with Crippen molar-refractivity contribution < 1.29 is 4.79 Å². The number of nitrogens with zero attached hydrogens (tertiary/aromatic N) is 4. The summed E-state index contributed by atoms with van der Waals surface area (Å²) in [7, 11) is 0. The number of aromatic nitrogens is 2. The number of piperazine rings is 1. The lowest BCUT2D eigenvalue weighted by atomic mass is 10.3. The molecule has 2 rings (SSSR count). The summed E-state index contributed by atoms with van der Waals surface area (Å²) in [6, 6.07) is 0. The summed E-state index contributed by atoms with van der Waals surface area (Å²) < 4.78 is 0. The molecular weight excluding hydrogens is 224 g/mol. The van der Waals surface area contributed by atoms with Crippen molar-refractivity contribution in [2.45, 2.75) is 20.3 Å². The molecule has 1 fully saturated rings. The van der Waals surface area contributed by atoms with Crippen LogP contribution in [0.25, 0.3) is 0 Å². The van der Waals surface area contributed by atoms with Gasteiger partial charge in [0, 0.05) is 32.6 Å². The van der Waals surface area contributed by atoms with Gasteiger partial charge in [-0.3, -0.25) is 4.79 Å². The second-order valence-corrected chi connectivity index (χ2v) is 4.99. The third-order valence-corrected chi connectivity index (χ3v) is 3.62. The highest BCUT2D eigenvalue weighted by molar-refractivity contribution is 7.15. The fourth-order valence-corrected chi connectivity index (χ4v) is 2.52. The van der Waals surface area contributed by atoms with E-state index in [1.165, 1.54) is 0 Å². The highest BCUT2D eigenvalue weighted by Gasteiger charge is 2.21. The van der Waals surface area contributed by atoms with Crippen LogP contribution in [0.5, 0.6) is 0 Å². The topological polar surface area (TPSA) is 49.3 Å². The van der Waals surface area contributed by atoms with Gasteiger partial charge in [-0.15, -0.1) is 10.2 Å². The minimum absolute atomic E-state index is 0.244. The molecule has 16 heavy (non-hydrogen) atoms. The Morgan fingerprint density at radius 2 is 2.00 bits per heavy atom. The molecule has 0 spiro atoms. The van der Waals surface area contributed by atoms with E-state index in [2.05, 4.69) is 15.1 Å². The Labute approximate surface area is 99.1 Å². The van der Waals surface area contributed by atoms with Crippen molar-refractivity contribution in [1.29, 1.82) is 0 Å². The summed E-state index contributed by atoms with van der Waals surface area (Å²) in [5.41, 5.74) is 0. The molecule has 1 aromatic heterocycles. The van der Waals surface area contributed by atoms with Gasteiger partial charge in [-0.05, 0) is 6.92 Å². The van der Waals surface area contributed by atoms with Gasteiger partial charge in [0.05, 0.1) is 0 Å². The minimum atomic E-state index is 0.244. The Morgan fingerprint density at radius 3 is 2.50 bits per heavy atom. The van der Waals surface area contributed by atoms with Gasteiger partial charge < -0.3 is 9.80 Å². The predicted octanol–water partition coefficient (Wildman–Crippen LogP) is 0.905. The molecule has 0 bridgehead atoms. The molecule has 6 heteroatoms. The lowest BCUT2D eigenvalue weighted by Crippen LogP contribution is -2.48. The summed E-state index contributed by atoms with van der Waals surface area (Å²) in [6.45, 7) is 7.18. The van der Waals surface area contributed by atoms with E-state index in [0.29, 0.717) is 6.42 Å². The molecule has 1 amide bonds. The lowest BCUT2D eigenvalue weighted by molar-refractivity contribution is -0.131. The average molecular weight is 240 g/mol. The highest BCUT2D eigenvalue weighted by atomic mass is 32.1. The summed E-state index contributed by atoms with van der Waals surface area (Å²) >= 11 is 1.61. The Kier molecular flexibility index (Phi) is 3.38. The van der Waals surface area contributed by atoms with E-state index < -0.39 is 0 Å². The van der Waals surface area contributed by atoms with Gasteiger partial charge in [-0.2, -0.15) is 0 Å². The molecule has 0 atom stereocenters. The zero-order valence-electron chi connectivity index (χ0n) is 9.64. The fourth-order valence-electron chi connectivity index (χ4n) is 1.78. The van der Waals surface area contributed by atoms with E-state index in [4.69, 9.17) is 0 Å². The SMILES string of the molecule is CCC(=O)N1CCN(c2nnc(C)s2)CC1. The van der Waals surface area contributed by atoms with E-state index in [1.54, 1.807) is 11.3 Å². The third kappa shape index (κ3) is 2.32. The van der Waals surface area contributed by atoms with Crippen LogP contribution in [0.2, 0.25) is 0 Å². The van der Waals surface area contributed by atoms with Crippen molar-refractivity contribution in [3.8, 4) is 0 Å². The number of carbonyl (C=O) groups is 1. The molecule has 0 N–H and O–H groups in total. The maximum Gasteiger partial charge on any atom is 0.222 e. The Balaban J connectivity index is 1.92. The quantitative estimate of drug-likeness (QED) is 0.771. The maximum absolute atomic E-state index is 11.5. The van der Waals surface area contributed by atoms with Crippen molar-refractivity contribution in [2.24, 2.45) is 0 Å². The number of rotatable bonds is 2. The monoisotopic (exact) mass is 240 g/mol. The van der Waals surface area contributed by atoms with Crippen LogP contribution in [0.3, 0.4) is 0 Å². The molecule has 0 radical (unpaired) electrons. The number of anilines is 1. The molecular formula is C10H16N4OS. The Morgan fingerprint density at radius 1 is 1.31 bits per heavy atom. The molecule has 5 nitrogen and oxygen atoms in total. The fraction of sp³-hybridized carbons (Fsp3) is 0.700. The average Bonchev–Trinajstić information content (AvgIpc) is 2.75. The van der Waals surface area contributed by atoms with Crippen LogP contribution in [0.15, 0.2) is 0 Å². The first-order valence-electron chi connectivity index (χ1n) is 5.53. The van der Waals surface area contributed by atoms with Gasteiger partial charge >= 0.3 is 0 Å². The molecule has 1 aromatic rings. The van der Waals surface area contributed by atoms with Gasteiger partial charge in [0.2, 0.25) is 11.0 Å². The van der Waals surface area contributed by atoms with E-state index in [9.17, 15) is 4.79 Å². The second kappa shape index (κ2) is 4.78. The van der Waals surface area contributed by atoms with Crippen LogP contribution < -0.4 is 4.90 Å². The van der Waals surface area contributed by atoms with Crippen LogP contribution in [0.4, 0.5) is 5.13 Å². The predicted molar refractivity (Wildman–Crippen MR) is 63.7 cm³/mol. The molecule has 0 unspecified atom stereocenters. The van der Waals surface area contributed by atoms with Gasteiger partial charge in [0.15, 0.2) is 0 Å². The molecule has 1 aliphatic rings. The zero-order chi connectivity index (χ0) is 11.5. The molecule has 88 valence electrons. The number of hydrogen-bond donors (Lipinski definition) is 0. The number of hydrogen-bond acceptors (Lipinski definition) is 5. The van der Waals surface area contributed by atoms with Crippen molar-refractivity contribution >= 4 is 22.4 Å². The molecule has 0 saturated carbocycles. The van der Waals surface area contributed by atoms with Crippen molar-refractivity contribution in [3.63, 3.8) is 0 Å². The van der Waals surface area contributed by atoms with E-state index in [-0.39, 0.29) is 5.91 Å². The Hall–Kier alpha value is -1.17. The van der Waals surface area contributed by atoms with Crippen molar-refractivity contribution in [2.75, 3.05) is 31.1 Å². The molecule has 1 saturated heterocycles. The standard InChI is InChI=1S/C10H16N4OS/c1-3-9(15)13-4-6-14(7-5-13)10-12-11-8(2)16-10/h3-7H2,1-2H3. The molecule has 1 aliphatic heterocycles. The van der Waals surface area contributed by atoms with Crippen LogP contribution in [0, 0.1) is 6.92 Å². The number of carbonyl (C=O) groups excluding carboxylic acids is 1. The van der Waals surface area contributed by atoms with E-state index in [0.717, 1.165) is 36.3 Å². The molecule has 2 heterocycles. The lowest BCUT2D eigenvalue weighted by Gasteiger charge is -2.34. The summed E-state index contributed by atoms with van der Waals surface area (Å²) in [5.74, 6) is 0.244. The van der Waals surface area contributed by atoms with E-state index >= 15 is 0 Å². The van der Waals surface area contributed by atoms with Crippen molar-refractivity contribution in [3.05, 3.63) is 5.01 Å². The van der Waals surface area contributed by atoms with Gasteiger partial charge in [-0.1, -0.05) is 18.3 Å². The number of amides is 1. The van der Waals surface area contributed by atoms with Crippen LogP contribution in [-0.4, -0.2) is 47.2 Å². The largest absolute Gasteiger partial charge is 0.343 e. The summed E-state index contributed by atoms with van der Waals surface area (Å²) in [5, 5.41) is 10.1. The van der Waals surface area contributed by atoms with Crippen LogP contribution in [0.1, 0.15) is 18.4 Å². The Bertz CT molecular complexity index is 371. The normalized spacial score (nSPS) is 16.6. The van der Waals surface area contributed by atoms with Gasteiger partial charge in [-0.25, -0.2) is 0 Å². The van der Waals surface area contributed by atoms with E-state index in [1.807, 2.05) is 18.7 Å². The van der Waals surface area contributed by atoms with Crippen LogP contribution >= 0.6 is 11.3 Å². The summed E-state index contributed by atoms with van der Waals surface area (Å²) in [6.07, 6.45) is 0.595. The minimum Gasteiger partial charge on any atom is -0.343 e. The first-order chi connectivity index (χ1) is 7.70. The third-order valence-electron chi connectivity index (χ3n) is 2.72. The first kappa shape index (κ1) is 11.3.